The number of halogens is 1. The Morgan fingerprint density at radius 3 is 2.53 bits per heavy atom. The molecule has 1 saturated carbocycles. The monoisotopic (exact) mass is 206 g/mol. The number of nitrogens with zero attached hydrogens (tertiary/aromatic N) is 1. The molecule has 0 heterocycles. The Bertz CT molecular complexity index is 328. The van der Waals surface area contributed by atoms with E-state index in [4.69, 9.17) is 4.84 Å². The lowest BCUT2D eigenvalue weighted by Crippen LogP contribution is -2.02. The van der Waals surface area contributed by atoms with E-state index in [1.54, 1.807) is 12.1 Å². The quantitative estimate of drug-likeness (QED) is 0.550. The predicted molar refractivity (Wildman–Crippen MR) is 56.3 cm³/mol. The van der Waals surface area contributed by atoms with Gasteiger partial charge in [0.15, 0.2) is 0 Å². The molecule has 1 aliphatic rings. The lowest BCUT2D eigenvalue weighted by molar-refractivity contribution is 0.0657. The van der Waals surface area contributed by atoms with Gasteiger partial charge in [0.2, 0.25) is 0 Å². The Kier molecular flexibility index (Phi) is 3.33. The molecule has 1 radical (unpaired) electrons. The molecular formula is C12H13FNO. The van der Waals surface area contributed by atoms with Crippen LogP contribution in [-0.4, -0.2) is 12.3 Å². The minimum absolute atomic E-state index is 0.248. The minimum Gasteiger partial charge on any atom is -0.392 e. The Morgan fingerprint density at radius 2 is 1.87 bits per heavy atom. The van der Waals surface area contributed by atoms with Crippen molar-refractivity contribution in [2.75, 3.05) is 0 Å². The summed E-state index contributed by atoms with van der Waals surface area (Å²) in [5, 5.41) is 3.78. The van der Waals surface area contributed by atoms with Crippen LogP contribution in [0.5, 0.6) is 0 Å². The highest BCUT2D eigenvalue weighted by Crippen LogP contribution is 2.20. The molecule has 0 N–H and O–H groups in total. The standard InChI is InChI=1S/C12H13FNO/c13-11-7-5-10(6-8-11)9-14-15-12-3-1-2-4-12/h5-8,12H,1-4H2. The van der Waals surface area contributed by atoms with Crippen molar-refractivity contribution in [2.24, 2.45) is 5.16 Å². The van der Waals surface area contributed by atoms with Gasteiger partial charge in [0.1, 0.15) is 18.1 Å². The van der Waals surface area contributed by atoms with E-state index in [2.05, 4.69) is 11.4 Å². The molecule has 15 heavy (non-hydrogen) atoms. The van der Waals surface area contributed by atoms with Crippen LogP contribution in [0.2, 0.25) is 0 Å². The Morgan fingerprint density at radius 1 is 1.20 bits per heavy atom. The van der Waals surface area contributed by atoms with Crippen LogP contribution in [-0.2, 0) is 4.84 Å². The van der Waals surface area contributed by atoms with Crippen molar-refractivity contribution in [1.82, 2.24) is 0 Å². The third-order valence-electron chi connectivity index (χ3n) is 2.52. The largest absolute Gasteiger partial charge is 0.392 e. The van der Waals surface area contributed by atoms with Gasteiger partial charge in [-0.15, -0.1) is 0 Å². The summed E-state index contributed by atoms with van der Waals surface area (Å²) in [6, 6.07) is 6.01. The second kappa shape index (κ2) is 4.91. The van der Waals surface area contributed by atoms with Gasteiger partial charge in [0.05, 0.1) is 0 Å². The molecule has 1 aliphatic carbocycles. The highest BCUT2D eigenvalue weighted by Gasteiger charge is 2.15. The molecule has 3 heteroatoms. The van der Waals surface area contributed by atoms with Gasteiger partial charge in [-0.25, -0.2) is 4.39 Å². The van der Waals surface area contributed by atoms with Crippen LogP contribution >= 0.6 is 0 Å². The molecule has 1 aromatic rings. The maximum absolute atomic E-state index is 12.6. The molecule has 0 saturated heterocycles. The normalized spacial score (nSPS) is 17.4. The summed E-state index contributed by atoms with van der Waals surface area (Å²) in [4.78, 5) is 5.26. The summed E-state index contributed by atoms with van der Waals surface area (Å²) >= 11 is 0. The van der Waals surface area contributed by atoms with Crippen molar-refractivity contribution >= 4 is 6.21 Å². The van der Waals surface area contributed by atoms with Crippen molar-refractivity contribution in [2.45, 2.75) is 31.8 Å². The second-order valence-electron chi connectivity index (χ2n) is 3.72. The molecule has 0 bridgehead atoms. The minimum atomic E-state index is -0.253. The van der Waals surface area contributed by atoms with E-state index in [9.17, 15) is 4.39 Å². The molecule has 1 aromatic carbocycles. The van der Waals surface area contributed by atoms with Crippen LogP contribution in [0, 0.1) is 5.82 Å². The van der Waals surface area contributed by atoms with Crippen molar-refractivity contribution in [3.05, 3.63) is 35.6 Å². The van der Waals surface area contributed by atoms with Crippen LogP contribution in [0.15, 0.2) is 29.4 Å². The second-order valence-corrected chi connectivity index (χ2v) is 3.72. The van der Waals surface area contributed by atoms with Gasteiger partial charge in [-0.05, 0) is 49.9 Å². The van der Waals surface area contributed by atoms with Crippen molar-refractivity contribution in [3.8, 4) is 0 Å². The average molecular weight is 206 g/mol. The fraction of sp³-hybridized carbons (Fsp3) is 0.417. The summed E-state index contributed by atoms with van der Waals surface area (Å²) in [6.07, 6.45) is 7.58. The molecular weight excluding hydrogens is 193 g/mol. The number of rotatable bonds is 3. The molecule has 0 amide bonds. The first-order valence-electron chi connectivity index (χ1n) is 5.22. The van der Waals surface area contributed by atoms with E-state index in [0.717, 1.165) is 18.4 Å². The molecule has 0 aromatic heterocycles. The lowest BCUT2D eigenvalue weighted by atomic mass is 10.2. The molecule has 0 unspecified atom stereocenters. The van der Waals surface area contributed by atoms with Crippen LogP contribution < -0.4 is 0 Å². The summed E-state index contributed by atoms with van der Waals surface area (Å²) in [7, 11) is 0. The zero-order chi connectivity index (χ0) is 10.5. The molecule has 0 spiro atoms. The van der Waals surface area contributed by atoms with E-state index in [-0.39, 0.29) is 11.9 Å². The summed E-state index contributed by atoms with van der Waals surface area (Å²) in [6.45, 7) is 0. The topological polar surface area (TPSA) is 21.6 Å². The van der Waals surface area contributed by atoms with E-state index in [0.29, 0.717) is 0 Å². The van der Waals surface area contributed by atoms with Gasteiger partial charge in [-0.2, -0.15) is 0 Å². The lowest BCUT2D eigenvalue weighted by Gasteiger charge is -2.04. The van der Waals surface area contributed by atoms with Gasteiger partial charge in [-0.3, -0.25) is 0 Å². The van der Waals surface area contributed by atoms with Crippen molar-refractivity contribution < 1.29 is 9.23 Å². The first-order valence-corrected chi connectivity index (χ1v) is 5.22. The van der Waals surface area contributed by atoms with E-state index in [1.165, 1.54) is 25.0 Å². The third kappa shape index (κ3) is 3.05. The Hall–Kier alpha value is -1.38. The first kappa shape index (κ1) is 10.1. The van der Waals surface area contributed by atoms with Gasteiger partial charge in [0, 0.05) is 5.56 Å². The van der Waals surface area contributed by atoms with Gasteiger partial charge in [0.25, 0.3) is 0 Å². The smallest absolute Gasteiger partial charge is 0.139 e. The van der Waals surface area contributed by atoms with Crippen LogP contribution in [0.4, 0.5) is 4.39 Å². The fourth-order valence-electron chi connectivity index (χ4n) is 1.67. The molecule has 1 fully saturated rings. The molecule has 0 atom stereocenters. The Labute approximate surface area is 88.7 Å². The average Bonchev–Trinajstić information content (AvgIpc) is 2.74. The van der Waals surface area contributed by atoms with E-state index < -0.39 is 0 Å². The van der Waals surface area contributed by atoms with Gasteiger partial charge < -0.3 is 4.84 Å². The molecule has 0 aliphatic heterocycles. The fourth-order valence-corrected chi connectivity index (χ4v) is 1.67. The van der Waals surface area contributed by atoms with E-state index >= 15 is 0 Å². The van der Waals surface area contributed by atoms with Crippen LogP contribution in [0.3, 0.4) is 0 Å². The highest BCUT2D eigenvalue weighted by molar-refractivity contribution is 5.78. The number of hydrogen-bond donors (Lipinski definition) is 0. The van der Waals surface area contributed by atoms with Crippen molar-refractivity contribution in [3.63, 3.8) is 0 Å². The van der Waals surface area contributed by atoms with Gasteiger partial charge in [-0.1, -0.05) is 5.16 Å². The van der Waals surface area contributed by atoms with E-state index in [1.807, 2.05) is 0 Å². The highest BCUT2D eigenvalue weighted by atomic mass is 19.1. The van der Waals surface area contributed by atoms with Crippen LogP contribution in [0.25, 0.3) is 0 Å². The maximum atomic E-state index is 12.6. The molecule has 79 valence electrons. The van der Waals surface area contributed by atoms with Gasteiger partial charge >= 0.3 is 0 Å². The summed E-state index contributed by atoms with van der Waals surface area (Å²) in [5.41, 5.74) is 0.731. The first-order chi connectivity index (χ1) is 7.34. The van der Waals surface area contributed by atoms with Crippen LogP contribution in [0.1, 0.15) is 31.2 Å². The Balaban J connectivity index is 1.85. The third-order valence-corrected chi connectivity index (χ3v) is 2.52. The molecule has 2 rings (SSSR count). The zero-order valence-corrected chi connectivity index (χ0v) is 8.45. The van der Waals surface area contributed by atoms with Crippen molar-refractivity contribution in [1.29, 1.82) is 0 Å². The predicted octanol–water partition coefficient (Wildman–Crippen LogP) is 3.00. The zero-order valence-electron chi connectivity index (χ0n) is 8.45. The molecule has 2 nitrogen and oxygen atoms in total. The SMILES string of the molecule is Fc1ccc(/[C]=N/OC2CCCC2)cc1. The summed E-state index contributed by atoms with van der Waals surface area (Å²) in [5.74, 6) is -0.253. The number of benzene rings is 1. The number of hydrogen-bond acceptors (Lipinski definition) is 2. The maximum Gasteiger partial charge on any atom is 0.139 e. The summed E-state index contributed by atoms with van der Waals surface area (Å²) < 4.78 is 12.6.